The molecule has 0 aliphatic carbocycles. The molecule has 0 spiro atoms. The molecule has 5 nitrogen and oxygen atoms in total. The van der Waals surface area contributed by atoms with Crippen molar-refractivity contribution in [1.82, 2.24) is 15.4 Å². The molecule has 0 amide bonds. The van der Waals surface area contributed by atoms with Crippen molar-refractivity contribution in [2.45, 2.75) is 57.6 Å². The summed E-state index contributed by atoms with van der Waals surface area (Å²) in [7, 11) is 0. The van der Waals surface area contributed by atoms with Gasteiger partial charge in [-0.2, -0.15) is 0 Å². The summed E-state index contributed by atoms with van der Waals surface area (Å²) in [6.45, 7) is 6.82. The molecule has 2 saturated heterocycles. The molecule has 2 aliphatic heterocycles. The predicted octanol–water partition coefficient (Wildman–Crippen LogP) is 1.66. The molecule has 3 rings (SSSR count). The van der Waals surface area contributed by atoms with Gasteiger partial charge in [0.05, 0.1) is 12.3 Å². The Morgan fingerprint density at radius 3 is 3.05 bits per heavy atom. The zero-order chi connectivity index (χ0) is 14.8. The summed E-state index contributed by atoms with van der Waals surface area (Å²) in [4.78, 5) is 2.19. The normalized spacial score (nSPS) is 33.9. The fourth-order valence-electron chi connectivity index (χ4n) is 3.31. The number of aromatic nitrogens is 1. The maximum absolute atomic E-state index is 13.8. The highest BCUT2D eigenvalue weighted by molar-refractivity contribution is 5.12. The molecule has 3 heterocycles. The van der Waals surface area contributed by atoms with Crippen LogP contribution in [0.2, 0.25) is 0 Å². The minimum atomic E-state index is -0.741. The van der Waals surface area contributed by atoms with Gasteiger partial charge in [0, 0.05) is 43.9 Å². The van der Waals surface area contributed by atoms with Crippen LogP contribution in [0, 0.1) is 6.92 Å². The molecule has 0 bridgehead atoms. The lowest BCUT2D eigenvalue weighted by Crippen LogP contribution is -2.43. The van der Waals surface area contributed by atoms with E-state index in [0.29, 0.717) is 25.6 Å². The molecule has 1 aromatic rings. The number of hydrogen-bond donors (Lipinski definition) is 1. The van der Waals surface area contributed by atoms with Gasteiger partial charge in [-0.3, -0.25) is 4.90 Å². The van der Waals surface area contributed by atoms with Gasteiger partial charge in [-0.1, -0.05) is 5.16 Å². The van der Waals surface area contributed by atoms with E-state index in [9.17, 15) is 4.39 Å². The second-order valence-electron chi connectivity index (χ2n) is 6.20. The van der Waals surface area contributed by atoms with E-state index < -0.39 is 6.17 Å². The van der Waals surface area contributed by atoms with Gasteiger partial charge in [-0.25, -0.2) is 4.39 Å². The van der Waals surface area contributed by atoms with Crippen molar-refractivity contribution >= 4 is 0 Å². The Balaban J connectivity index is 1.56. The van der Waals surface area contributed by atoms with Crippen molar-refractivity contribution in [3.8, 4) is 0 Å². The van der Waals surface area contributed by atoms with E-state index in [0.717, 1.165) is 30.9 Å². The maximum Gasteiger partial charge on any atom is 0.138 e. The summed E-state index contributed by atoms with van der Waals surface area (Å²) in [5, 5.41) is 7.34. The maximum atomic E-state index is 13.8. The highest BCUT2D eigenvalue weighted by Crippen LogP contribution is 2.24. The molecule has 2 aliphatic rings. The Morgan fingerprint density at radius 1 is 1.52 bits per heavy atom. The number of nitrogens with one attached hydrogen (secondary N) is 1. The zero-order valence-corrected chi connectivity index (χ0v) is 12.7. The molecule has 0 radical (unpaired) electrons. The third-order valence-corrected chi connectivity index (χ3v) is 4.69. The average Bonchev–Trinajstić information content (AvgIpc) is 3.11. The van der Waals surface area contributed by atoms with Gasteiger partial charge in [0.1, 0.15) is 11.9 Å². The first-order valence-corrected chi connectivity index (χ1v) is 7.76. The molecule has 0 unspecified atom stereocenters. The Morgan fingerprint density at radius 2 is 2.38 bits per heavy atom. The first-order chi connectivity index (χ1) is 10.1. The monoisotopic (exact) mass is 297 g/mol. The van der Waals surface area contributed by atoms with Gasteiger partial charge in [-0.15, -0.1) is 0 Å². The summed E-state index contributed by atoms with van der Waals surface area (Å²) >= 11 is 0. The van der Waals surface area contributed by atoms with E-state index in [1.54, 1.807) is 6.20 Å². The standard InChI is InChI=1S/C15H24FN3O2/c1-10-12(6-18-21-10)8-19-9-13(16)5-14(19)7-17-15-3-4-20-11(15)2/h6,11,13-15,17H,3-5,7-9H2,1-2H3/t11-,13-,14-,15+/m0/s1. The van der Waals surface area contributed by atoms with Crippen molar-refractivity contribution < 1.29 is 13.7 Å². The minimum absolute atomic E-state index is 0.224. The van der Waals surface area contributed by atoms with Gasteiger partial charge in [0.15, 0.2) is 0 Å². The molecule has 21 heavy (non-hydrogen) atoms. The van der Waals surface area contributed by atoms with Crippen LogP contribution in [0.15, 0.2) is 10.7 Å². The number of ether oxygens (including phenoxy) is 1. The first-order valence-electron chi connectivity index (χ1n) is 7.76. The highest BCUT2D eigenvalue weighted by atomic mass is 19.1. The van der Waals surface area contributed by atoms with E-state index in [1.807, 2.05) is 6.92 Å². The molecular formula is C15H24FN3O2. The fourth-order valence-corrected chi connectivity index (χ4v) is 3.31. The fraction of sp³-hybridized carbons (Fsp3) is 0.800. The van der Waals surface area contributed by atoms with Crippen LogP contribution < -0.4 is 5.32 Å². The number of hydrogen-bond acceptors (Lipinski definition) is 5. The van der Waals surface area contributed by atoms with Crippen molar-refractivity contribution in [3.63, 3.8) is 0 Å². The van der Waals surface area contributed by atoms with E-state index in [4.69, 9.17) is 9.26 Å². The lowest BCUT2D eigenvalue weighted by atomic mass is 10.1. The summed E-state index contributed by atoms with van der Waals surface area (Å²) in [5.74, 6) is 0.821. The summed E-state index contributed by atoms with van der Waals surface area (Å²) < 4.78 is 24.4. The molecule has 1 N–H and O–H groups in total. The van der Waals surface area contributed by atoms with Gasteiger partial charge < -0.3 is 14.6 Å². The Labute approximate surface area is 124 Å². The van der Waals surface area contributed by atoms with Gasteiger partial charge in [0.25, 0.3) is 0 Å². The van der Waals surface area contributed by atoms with Crippen LogP contribution in [0.1, 0.15) is 31.1 Å². The molecule has 0 saturated carbocycles. The van der Waals surface area contributed by atoms with E-state index in [-0.39, 0.29) is 12.1 Å². The molecule has 2 fully saturated rings. The Hall–Kier alpha value is -0.980. The number of aryl methyl sites for hydroxylation is 1. The van der Waals surface area contributed by atoms with Crippen molar-refractivity contribution in [3.05, 3.63) is 17.5 Å². The van der Waals surface area contributed by atoms with Crippen LogP contribution in [0.5, 0.6) is 0 Å². The van der Waals surface area contributed by atoms with Crippen LogP contribution in [0.4, 0.5) is 4.39 Å². The van der Waals surface area contributed by atoms with Crippen molar-refractivity contribution in [2.24, 2.45) is 0 Å². The average molecular weight is 297 g/mol. The lowest BCUT2D eigenvalue weighted by molar-refractivity contribution is 0.111. The number of nitrogens with zero attached hydrogens (tertiary/aromatic N) is 2. The Bertz CT molecular complexity index is 468. The van der Waals surface area contributed by atoms with Crippen LogP contribution in [0.3, 0.4) is 0 Å². The molecule has 6 heteroatoms. The Kier molecular flexibility index (Phi) is 4.57. The highest BCUT2D eigenvalue weighted by Gasteiger charge is 2.33. The van der Waals surface area contributed by atoms with Crippen molar-refractivity contribution in [1.29, 1.82) is 0 Å². The third kappa shape index (κ3) is 3.44. The first kappa shape index (κ1) is 14.9. The van der Waals surface area contributed by atoms with Gasteiger partial charge in [-0.05, 0) is 26.7 Å². The molecule has 1 aromatic heterocycles. The third-order valence-electron chi connectivity index (χ3n) is 4.69. The van der Waals surface area contributed by atoms with E-state index in [1.165, 1.54) is 0 Å². The smallest absolute Gasteiger partial charge is 0.138 e. The van der Waals surface area contributed by atoms with Crippen LogP contribution in [-0.2, 0) is 11.3 Å². The number of rotatable bonds is 5. The lowest BCUT2D eigenvalue weighted by Gasteiger charge is -2.26. The largest absolute Gasteiger partial charge is 0.377 e. The molecule has 0 aromatic carbocycles. The molecular weight excluding hydrogens is 273 g/mol. The molecule has 4 atom stereocenters. The summed E-state index contributed by atoms with van der Waals surface area (Å²) in [6, 6.07) is 0.616. The van der Waals surface area contributed by atoms with E-state index in [2.05, 4.69) is 22.3 Å². The van der Waals surface area contributed by atoms with E-state index >= 15 is 0 Å². The van der Waals surface area contributed by atoms with Gasteiger partial charge in [0.2, 0.25) is 0 Å². The second-order valence-corrected chi connectivity index (χ2v) is 6.20. The van der Waals surface area contributed by atoms with Crippen LogP contribution >= 0.6 is 0 Å². The van der Waals surface area contributed by atoms with Crippen LogP contribution in [0.25, 0.3) is 0 Å². The number of alkyl halides is 1. The zero-order valence-electron chi connectivity index (χ0n) is 12.7. The number of likely N-dealkylation sites (tertiary alicyclic amines) is 1. The van der Waals surface area contributed by atoms with Crippen LogP contribution in [-0.4, -0.2) is 54.1 Å². The predicted molar refractivity (Wildman–Crippen MR) is 76.8 cm³/mol. The minimum Gasteiger partial charge on any atom is -0.377 e. The summed E-state index contributed by atoms with van der Waals surface area (Å²) in [5.41, 5.74) is 1.05. The SMILES string of the molecule is Cc1oncc1CN1C[C@@H](F)C[C@H]1CN[C@@H]1CCO[C@H]1C. The summed E-state index contributed by atoms with van der Waals surface area (Å²) in [6.07, 6.45) is 2.88. The topological polar surface area (TPSA) is 50.5 Å². The number of halogens is 1. The van der Waals surface area contributed by atoms with Gasteiger partial charge >= 0.3 is 0 Å². The second kappa shape index (κ2) is 6.42. The molecule has 118 valence electrons. The quantitative estimate of drug-likeness (QED) is 0.896. The van der Waals surface area contributed by atoms with Crippen molar-refractivity contribution in [2.75, 3.05) is 19.7 Å².